The highest BCUT2D eigenvalue weighted by atomic mass is 35.5. The van der Waals surface area contributed by atoms with Crippen LogP contribution in [0.15, 0.2) is 36.5 Å². The fourth-order valence-corrected chi connectivity index (χ4v) is 3.18. The summed E-state index contributed by atoms with van der Waals surface area (Å²) >= 11 is 0. The van der Waals surface area contributed by atoms with Crippen molar-refractivity contribution in [2.45, 2.75) is 12.8 Å². The van der Waals surface area contributed by atoms with Crippen molar-refractivity contribution in [3.8, 4) is 5.69 Å². The molecular weight excluding hydrogens is 359 g/mol. The molecule has 0 spiro atoms. The van der Waals surface area contributed by atoms with Gasteiger partial charge in [-0.2, -0.15) is 5.10 Å². The number of ether oxygens (including phenoxy) is 1. The van der Waals surface area contributed by atoms with Crippen LogP contribution in [0.3, 0.4) is 0 Å². The number of methoxy groups -OCH3 is 1. The maximum atomic E-state index is 13.0. The Bertz CT molecular complexity index is 709. The molecule has 0 radical (unpaired) electrons. The molecule has 0 unspecified atom stereocenters. The first kappa shape index (κ1) is 20.4. The standard InChI is InChI=1S/C18H23FN4O2.ClH/c1-25-13-18(7-9-20-10-8-18)12-21-17(24)16-6-11-23(22-16)15-4-2-14(19)3-5-15;/h2-6,11,20H,7-10,12-13H2,1H3,(H,21,24);1H. The molecule has 0 saturated carbocycles. The van der Waals surface area contributed by atoms with Crippen molar-refractivity contribution in [2.24, 2.45) is 5.41 Å². The van der Waals surface area contributed by atoms with E-state index in [0.717, 1.165) is 25.9 Å². The molecule has 1 aromatic carbocycles. The van der Waals surface area contributed by atoms with Crippen LogP contribution >= 0.6 is 12.4 Å². The molecule has 0 atom stereocenters. The smallest absolute Gasteiger partial charge is 0.271 e. The first-order chi connectivity index (χ1) is 12.1. The number of halogens is 2. The van der Waals surface area contributed by atoms with Crippen LogP contribution in [0.5, 0.6) is 0 Å². The van der Waals surface area contributed by atoms with Gasteiger partial charge in [-0.25, -0.2) is 9.07 Å². The Morgan fingerprint density at radius 3 is 2.65 bits per heavy atom. The minimum Gasteiger partial charge on any atom is -0.384 e. The second-order valence-corrected chi connectivity index (χ2v) is 6.49. The summed E-state index contributed by atoms with van der Waals surface area (Å²) < 4.78 is 19.9. The lowest BCUT2D eigenvalue weighted by Crippen LogP contribution is -2.47. The monoisotopic (exact) mass is 382 g/mol. The number of nitrogens with one attached hydrogen (secondary N) is 2. The summed E-state index contributed by atoms with van der Waals surface area (Å²) in [7, 11) is 1.69. The Balaban J connectivity index is 0.00000243. The summed E-state index contributed by atoms with van der Waals surface area (Å²) in [5, 5.41) is 10.6. The van der Waals surface area contributed by atoms with Crippen LogP contribution < -0.4 is 10.6 Å². The molecule has 142 valence electrons. The lowest BCUT2D eigenvalue weighted by molar-refractivity contribution is 0.0510. The number of carbonyl (C=O) groups is 1. The molecule has 3 rings (SSSR count). The number of hydrogen-bond acceptors (Lipinski definition) is 4. The predicted molar refractivity (Wildman–Crippen MR) is 99.5 cm³/mol. The molecule has 2 heterocycles. The van der Waals surface area contributed by atoms with E-state index < -0.39 is 0 Å². The average Bonchev–Trinajstić information content (AvgIpc) is 3.12. The fraction of sp³-hybridized carbons (Fsp3) is 0.444. The van der Waals surface area contributed by atoms with Gasteiger partial charge in [0.25, 0.3) is 5.91 Å². The summed E-state index contributed by atoms with van der Waals surface area (Å²) in [6, 6.07) is 7.62. The van der Waals surface area contributed by atoms with Crippen molar-refractivity contribution >= 4 is 18.3 Å². The van der Waals surface area contributed by atoms with Crippen LogP contribution in [0.2, 0.25) is 0 Å². The quantitative estimate of drug-likeness (QED) is 0.803. The number of hydrogen-bond donors (Lipinski definition) is 2. The molecule has 1 saturated heterocycles. The summed E-state index contributed by atoms with van der Waals surface area (Å²) in [4.78, 5) is 12.4. The van der Waals surface area contributed by atoms with Gasteiger partial charge in [0.1, 0.15) is 5.82 Å². The van der Waals surface area contributed by atoms with Crippen molar-refractivity contribution in [3.05, 3.63) is 48.0 Å². The summed E-state index contributed by atoms with van der Waals surface area (Å²) in [6.07, 6.45) is 3.62. The van der Waals surface area contributed by atoms with Crippen LogP contribution in [-0.4, -0.2) is 49.0 Å². The Labute approximate surface area is 158 Å². The number of piperidine rings is 1. The molecule has 1 fully saturated rings. The van der Waals surface area contributed by atoms with Gasteiger partial charge in [-0.3, -0.25) is 4.79 Å². The number of rotatable bonds is 6. The zero-order valence-corrected chi connectivity index (χ0v) is 15.5. The van der Waals surface area contributed by atoms with Crippen molar-refractivity contribution in [3.63, 3.8) is 0 Å². The van der Waals surface area contributed by atoms with E-state index in [1.54, 1.807) is 36.2 Å². The van der Waals surface area contributed by atoms with Crippen LogP contribution in [0.1, 0.15) is 23.3 Å². The molecule has 0 aliphatic carbocycles. The molecule has 2 N–H and O–H groups in total. The molecular formula is C18H24ClFN4O2. The van der Waals surface area contributed by atoms with Crippen molar-refractivity contribution in [1.29, 1.82) is 0 Å². The highest BCUT2D eigenvalue weighted by molar-refractivity contribution is 5.92. The molecule has 1 aliphatic heterocycles. The molecule has 8 heteroatoms. The van der Waals surface area contributed by atoms with Crippen LogP contribution in [0.25, 0.3) is 5.69 Å². The summed E-state index contributed by atoms with van der Waals surface area (Å²) in [5.41, 5.74) is 1.01. The zero-order chi connectivity index (χ0) is 17.7. The van der Waals surface area contributed by atoms with Crippen molar-refractivity contribution < 1.29 is 13.9 Å². The van der Waals surface area contributed by atoms with Gasteiger partial charge < -0.3 is 15.4 Å². The summed E-state index contributed by atoms with van der Waals surface area (Å²) in [5.74, 6) is -0.519. The second-order valence-electron chi connectivity index (χ2n) is 6.49. The largest absolute Gasteiger partial charge is 0.384 e. The fourth-order valence-electron chi connectivity index (χ4n) is 3.18. The van der Waals surface area contributed by atoms with Crippen LogP contribution in [0, 0.1) is 11.2 Å². The van der Waals surface area contributed by atoms with Gasteiger partial charge in [0.05, 0.1) is 12.3 Å². The third-order valence-corrected chi connectivity index (χ3v) is 4.65. The maximum Gasteiger partial charge on any atom is 0.271 e. The van der Waals surface area contributed by atoms with E-state index in [0.29, 0.717) is 24.5 Å². The van der Waals surface area contributed by atoms with Gasteiger partial charge in [0.2, 0.25) is 0 Å². The van der Waals surface area contributed by atoms with Crippen LogP contribution in [-0.2, 0) is 4.74 Å². The normalized spacial score (nSPS) is 15.9. The molecule has 1 amide bonds. The topological polar surface area (TPSA) is 68.2 Å². The maximum absolute atomic E-state index is 13.0. The van der Waals surface area contributed by atoms with Gasteiger partial charge >= 0.3 is 0 Å². The Kier molecular flexibility index (Phi) is 7.14. The third kappa shape index (κ3) is 4.81. The number of nitrogens with zero attached hydrogens (tertiary/aromatic N) is 2. The van der Waals surface area contributed by atoms with Crippen molar-refractivity contribution in [2.75, 3.05) is 33.4 Å². The number of benzene rings is 1. The summed E-state index contributed by atoms with van der Waals surface area (Å²) in [6.45, 7) is 3.04. The molecule has 2 aromatic rings. The molecule has 1 aromatic heterocycles. The Morgan fingerprint density at radius 2 is 2.00 bits per heavy atom. The first-order valence-electron chi connectivity index (χ1n) is 8.41. The van der Waals surface area contributed by atoms with Crippen molar-refractivity contribution in [1.82, 2.24) is 20.4 Å². The zero-order valence-electron chi connectivity index (χ0n) is 14.7. The van der Waals surface area contributed by atoms with Gasteiger partial charge in [-0.15, -0.1) is 12.4 Å². The van der Waals surface area contributed by atoms with Gasteiger partial charge in [-0.1, -0.05) is 0 Å². The Morgan fingerprint density at radius 1 is 1.31 bits per heavy atom. The second kappa shape index (κ2) is 9.12. The lowest BCUT2D eigenvalue weighted by atomic mass is 9.79. The number of amides is 1. The van der Waals surface area contributed by atoms with E-state index in [2.05, 4.69) is 15.7 Å². The van der Waals surface area contributed by atoms with E-state index >= 15 is 0 Å². The van der Waals surface area contributed by atoms with E-state index in [4.69, 9.17) is 4.74 Å². The molecule has 0 bridgehead atoms. The number of aromatic nitrogens is 2. The van der Waals surface area contributed by atoms with E-state index in [9.17, 15) is 9.18 Å². The van der Waals surface area contributed by atoms with E-state index in [1.807, 2.05) is 0 Å². The molecule has 1 aliphatic rings. The van der Waals surface area contributed by atoms with Gasteiger partial charge in [0, 0.05) is 25.3 Å². The lowest BCUT2D eigenvalue weighted by Gasteiger charge is -2.37. The van der Waals surface area contributed by atoms with E-state index in [1.165, 1.54) is 12.1 Å². The highest BCUT2D eigenvalue weighted by Gasteiger charge is 2.32. The first-order valence-corrected chi connectivity index (χ1v) is 8.41. The predicted octanol–water partition coefficient (Wildman–Crippen LogP) is 2.18. The highest BCUT2D eigenvalue weighted by Crippen LogP contribution is 2.28. The third-order valence-electron chi connectivity index (χ3n) is 4.65. The van der Waals surface area contributed by atoms with E-state index in [-0.39, 0.29) is 29.5 Å². The minimum atomic E-state index is -0.306. The average molecular weight is 383 g/mol. The van der Waals surface area contributed by atoms with Crippen LogP contribution in [0.4, 0.5) is 4.39 Å². The van der Waals surface area contributed by atoms with Gasteiger partial charge in [0.15, 0.2) is 5.69 Å². The number of carbonyl (C=O) groups excluding carboxylic acids is 1. The minimum absolute atomic E-state index is 0. The Hall–Kier alpha value is -1.96. The molecule has 6 nitrogen and oxygen atoms in total. The molecule has 26 heavy (non-hydrogen) atoms. The SMILES string of the molecule is COCC1(CNC(=O)c2ccn(-c3ccc(F)cc3)n2)CCNCC1.Cl. The van der Waals surface area contributed by atoms with Gasteiger partial charge in [-0.05, 0) is 56.3 Å².